The summed E-state index contributed by atoms with van der Waals surface area (Å²) < 4.78 is 0. The Morgan fingerprint density at radius 1 is 1.16 bits per heavy atom. The fourth-order valence-electron chi connectivity index (χ4n) is 2.78. The first-order chi connectivity index (χ1) is 9.00. The van der Waals surface area contributed by atoms with Crippen molar-refractivity contribution in [1.29, 1.82) is 0 Å². The topological polar surface area (TPSA) is 55.0 Å². The first-order valence-electron chi connectivity index (χ1n) is 7.37. The lowest BCUT2D eigenvalue weighted by Crippen LogP contribution is -2.35. The highest BCUT2D eigenvalue weighted by molar-refractivity contribution is 5.56. The summed E-state index contributed by atoms with van der Waals surface area (Å²) >= 11 is 0. The van der Waals surface area contributed by atoms with Crippen molar-refractivity contribution in [2.45, 2.75) is 64.8 Å². The Bertz CT molecular complexity index is 436. The maximum Gasteiger partial charge on any atom is 0.137 e. The second-order valence-corrected chi connectivity index (χ2v) is 5.97. The first-order valence-corrected chi connectivity index (χ1v) is 7.37. The highest BCUT2D eigenvalue weighted by Gasteiger charge is 2.22. The molecule has 0 radical (unpaired) electrons. The van der Waals surface area contributed by atoms with Crippen LogP contribution in [0.25, 0.3) is 0 Å². The zero-order valence-corrected chi connectivity index (χ0v) is 12.6. The van der Waals surface area contributed by atoms with E-state index in [1.54, 1.807) is 0 Å². The van der Waals surface area contributed by atoms with Gasteiger partial charge in [-0.1, -0.05) is 33.1 Å². The van der Waals surface area contributed by atoms with Crippen LogP contribution in [0, 0.1) is 6.92 Å². The minimum absolute atomic E-state index is 0.307. The predicted octanol–water partition coefficient (Wildman–Crippen LogP) is 3.26. The summed E-state index contributed by atoms with van der Waals surface area (Å²) in [5, 5.41) is 0. The molecule has 1 aromatic rings. The number of anilines is 2. The van der Waals surface area contributed by atoms with Crippen molar-refractivity contribution < 1.29 is 0 Å². The van der Waals surface area contributed by atoms with E-state index >= 15 is 0 Å². The molecule has 0 saturated heterocycles. The first kappa shape index (κ1) is 14.1. The van der Waals surface area contributed by atoms with Crippen molar-refractivity contribution >= 4 is 11.6 Å². The zero-order chi connectivity index (χ0) is 14.0. The minimum Gasteiger partial charge on any atom is -0.383 e. The summed E-state index contributed by atoms with van der Waals surface area (Å²) in [4.78, 5) is 11.5. The van der Waals surface area contributed by atoms with Crippen LogP contribution in [0.4, 0.5) is 11.6 Å². The second kappa shape index (κ2) is 5.76. The lowest BCUT2D eigenvalue weighted by Gasteiger charge is -2.33. The van der Waals surface area contributed by atoms with E-state index in [4.69, 9.17) is 10.7 Å². The van der Waals surface area contributed by atoms with Crippen LogP contribution in [0.3, 0.4) is 0 Å². The van der Waals surface area contributed by atoms with E-state index in [0.717, 1.165) is 17.2 Å². The van der Waals surface area contributed by atoms with E-state index in [1.807, 2.05) is 6.92 Å². The minimum atomic E-state index is 0.307. The molecule has 0 atom stereocenters. The van der Waals surface area contributed by atoms with Crippen molar-refractivity contribution in [3.8, 4) is 0 Å². The number of nitrogens with zero attached hydrogens (tertiary/aromatic N) is 3. The van der Waals surface area contributed by atoms with Crippen molar-refractivity contribution in [2.24, 2.45) is 0 Å². The van der Waals surface area contributed by atoms with Gasteiger partial charge >= 0.3 is 0 Å². The monoisotopic (exact) mass is 262 g/mol. The molecule has 19 heavy (non-hydrogen) atoms. The standard InChI is InChI=1S/C15H26N4/c1-10(2)14-17-13(16)11(3)15(18-14)19(4)12-8-6-5-7-9-12/h10,12H,5-9H2,1-4H3,(H2,16,17,18). The molecule has 1 heterocycles. The molecule has 1 aliphatic carbocycles. The summed E-state index contributed by atoms with van der Waals surface area (Å²) in [5.74, 6) is 2.79. The average Bonchev–Trinajstić information content (AvgIpc) is 2.41. The Morgan fingerprint density at radius 3 is 2.37 bits per heavy atom. The van der Waals surface area contributed by atoms with E-state index in [-0.39, 0.29) is 0 Å². The Kier molecular flexibility index (Phi) is 4.27. The third-order valence-corrected chi connectivity index (χ3v) is 4.15. The molecule has 0 spiro atoms. The normalized spacial score (nSPS) is 16.9. The van der Waals surface area contributed by atoms with Crippen LogP contribution in [0.1, 0.15) is 63.3 Å². The van der Waals surface area contributed by atoms with Crippen LogP contribution in [-0.2, 0) is 0 Å². The largest absolute Gasteiger partial charge is 0.383 e. The van der Waals surface area contributed by atoms with Crippen molar-refractivity contribution in [3.63, 3.8) is 0 Å². The Morgan fingerprint density at radius 2 is 1.79 bits per heavy atom. The van der Waals surface area contributed by atoms with Gasteiger partial charge in [-0.15, -0.1) is 0 Å². The Balaban J connectivity index is 2.31. The predicted molar refractivity (Wildman–Crippen MR) is 80.5 cm³/mol. The van der Waals surface area contributed by atoms with Gasteiger partial charge < -0.3 is 10.6 Å². The lowest BCUT2D eigenvalue weighted by atomic mass is 9.94. The van der Waals surface area contributed by atoms with Gasteiger partial charge in [0.1, 0.15) is 17.5 Å². The van der Waals surface area contributed by atoms with Gasteiger partial charge in [-0.05, 0) is 19.8 Å². The number of nitrogen functional groups attached to an aromatic ring is 1. The fourth-order valence-corrected chi connectivity index (χ4v) is 2.78. The van der Waals surface area contributed by atoms with Crippen LogP contribution < -0.4 is 10.6 Å². The Labute approximate surface area is 116 Å². The molecule has 4 heteroatoms. The maximum atomic E-state index is 6.05. The molecule has 0 bridgehead atoms. The molecular weight excluding hydrogens is 236 g/mol. The van der Waals surface area contributed by atoms with Gasteiger partial charge in [-0.2, -0.15) is 0 Å². The van der Waals surface area contributed by atoms with E-state index in [0.29, 0.717) is 17.8 Å². The number of aromatic nitrogens is 2. The molecule has 2 N–H and O–H groups in total. The van der Waals surface area contributed by atoms with Gasteiger partial charge in [0.05, 0.1) is 0 Å². The number of hydrogen-bond acceptors (Lipinski definition) is 4. The summed E-state index contributed by atoms with van der Waals surface area (Å²) in [5.41, 5.74) is 7.06. The van der Waals surface area contributed by atoms with Gasteiger partial charge in [-0.3, -0.25) is 0 Å². The quantitative estimate of drug-likeness (QED) is 0.908. The molecule has 0 amide bonds. The second-order valence-electron chi connectivity index (χ2n) is 5.97. The fraction of sp³-hybridized carbons (Fsp3) is 0.733. The molecule has 0 aliphatic heterocycles. The van der Waals surface area contributed by atoms with Crippen LogP contribution in [-0.4, -0.2) is 23.1 Å². The van der Waals surface area contributed by atoms with Crippen molar-refractivity contribution in [2.75, 3.05) is 17.7 Å². The molecule has 1 fully saturated rings. The summed E-state index contributed by atoms with van der Waals surface area (Å²) in [6.07, 6.45) is 6.54. The number of rotatable bonds is 3. The molecule has 0 unspecified atom stereocenters. The van der Waals surface area contributed by atoms with Gasteiger partial charge in [0.25, 0.3) is 0 Å². The van der Waals surface area contributed by atoms with Crippen LogP contribution in [0.15, 0.2) is 0 Å². The molecule has 1 aromatic heterocycles. The van der Waals surface area contributed by atoms with Crippen molar-refractivity contribution in [1.82, 2.24) is 9.97 Å². The number of hydrogen-bond donors (Lipinski definition) is 1. The van der Waals surface area contributed by atoms with E-state index in [1.165, 1.54) is 32.1 Å². The van der Waals surface area contributed by atoms with Gasteiger partial charge in [0.15, 0.2) is 0 Å². The van der Waals surface area contributed by atoms with Gasteiger partial charge in [0, 0.05) is 24.6 Å². The molecule has 4 nitrogen and oxygen atoms in total. The van der Waals surface area contributed by atoms with Crippen LogP contribution >= 0.6 is 0 Å². The highest BCUT2D eigenvalue weighted by Crippen LogP contribution is 2.29. The van der Waals surface area contributed by atoms with E-state index < -0.39 is 0 Å². The summed E-state index contributed by atoms with van der Waals surface area (Å²) in [6.45, 7) is 6.23. The van der Waals surface area contributed by atoms with Gasteiger partial charge in [0.2, 0.25) is 0 Å². The number of nitrogens with two attached hydrogens (primary N) is 1. The summed E-state index contributed by atoms with van der Waals surface area (Å²) in [6, 6.07) is 0.599. The third-order valence-electron chi connectivity index (χ3n) is 4.15. The smallest absolute Gasteiger partial charge is 0.137 e. The Hall–Kier alpha value is -1.32. The maximum absolute atomic E-state index is 6.05. The summed E-state index contributed by atoms with van der Waals surface area (Å²) in [7, 11) is 2.15. The molecule has 1 aliphatic rings. The van der Waals surface area contributed by atoms with E-state index in [9.17, 15) is 0 Å². The highest BCUT2D eigenvalue weighted by atomic mass is 15.2. The van der Waals surface area contributed by atoms with Gasteiger partial charge in [-0.25, -0.2) is 9.97 Å². The average molecular weight is 262 g/mol. The molecule has 106 valence electrons. The molecule has 0 aromatic carbocycles. The van der Waals surface area contributed by atoms with Crippen LogP contribution in [0.2, 0.25) is 0 Å². The molecule has 1 saturated carbocycles. The van der Waals surface area contributed by atoms with Crippen LogP contribution in [0.5, 0.6) is 0 Å². The SMILES string of the molecule is Cc1c(N)nc(C(C)C)nc1N(C)C1CCCCC1. The molecule has 2 rings (SSSR count). The third kappa shape index (κ3) is 2.99. The zero-order valence-electron chi connectivity index (χ0n) is 12.6. The lowest BCUT2D eigenvalue weighted by molar-refractivity contribution is 0.425. The molecular formula is C15H26N4. The van der Waals surface area contributed by atoms with Crippen molar-refractivity contribution in [3.05, 3.63) is 11.4 Å². The van der Waals surface area contributed by atoms with E-state index in [2.05, 4.69) is 30.8 Å².